The van der Waals surface area contributed by atoms with Crippen molar-refractivity contribution in [3.63, 3.8) is 0 Å². The molecular formula is C23H29N3O2S+2. The molecule has 1 atom stereocenters. The molecule has 0 unspecified atom stereocenters. The van der Waals surface area contributed by atoms with Gasteiger partial charge < -0.3 is 19.5 Å². The van der Waals surface area contributed by atoms with E-state index in [0.29, 0.717) is 6.54 Å². The number of nitrogens with one attached hydrogen (secondary N) is 2. The van der Waals surface area contributed by atoms with Gasteiger partial charge in [0.05, 0.1) is 18.5 Å². The van der Waals surface area contributed by atoms with Gasteiger partial charge in [0.15, 0.2) is 5.78 Å². The van der Waals surface area contributed by atoms with Gasteiger partial charge in [0.25, 0.3) is 0 Å². The summed E-state index contributed by atoms with van der Waals surface area (Å²) < 4.78 is 2.12. The van der Waals surface area contributed by atoms with Crippen molar-refractivity contribution in [3.05, 3.63) is 64.5 Å². The Hall–Kier alpha value is -2.25. The van der Waals surface area contributed by atoms with Crippen LogP contribution in [0, 0.1) is 0 Å². The predicted octanol–water partition coefficient (Wildman–Crippen LogP) is 0.373. The molecule has 2 aromatic heterocycles. The Kier molecular flexibility index (Phi) is 6.25. The maximum absolute atomic E-state index is 12.3. The van der Waals surface area contributed by atoms with Crippen molar-refractivity contribution in [2.75, 3.05) is 39.8 Å². The van der Waals surface area contributed by atoms with Crippen LogP contribution in [0.15, 0.2) is 54.1 Å². The minimum absolute atomic E-state index is 0.0256. The number of nitrogens with zero attached hydrogens (tertiary/aromatic N) is 1. The summed E-state index contributed by atoms with van der Waals surface area (Å²) in [5.41, 5.74) is 2.10. The number of thiophene rings is 1. The zero-order chi connectivity index (χ0) is 20.2. The number of fused-ring (bicyclic) bond motifs is 1. The van der Waals surface area contributed by atoms with Gasteiger partial charge in [-0.25, -0.2) is 0 Å². The van der Waals surface area contributed by atoms with E-state index in [0.717, 1.165) is 41.0 Å². The maximum Gasteiger partial charge on any atom is 0.195 e. The van der Waals surface area contributed by atoms with Crippen molar-refractivity contribution in [1.82, 2.24) is 4.57 Å². The van der Waals surface area contributed by atoms with Crippen LogP contribution in [0.2, 0.25) is 0 Å². The Morgan fingerprint density at radius 3 is 2.76 bits per heavy atom. The summed E-state index contributed by atoms with van der Waals surface area (Å²) >= 11 is 1.46. The minimum Gasteiger partial charge on any atom is -0.385 e. The van der Waals surface area contributed by atoms with Gasteiger partial charge in [-0.3, -0.25) is 4.79 Å². The van der Waals surface area contributed by atoms with E-state index < -0.39 is 0 Å². The lowest BCUT2D eigenvalue weighted by molar-refractivity contribution is -1.00. The number of allylic oxidation sites excluding steroid dienone is 1. The van der Waals surface area contributed by atoms with Gasteiger partial charge in [-0.2, -0.15) is 0 Å². The van der Waals surface area contributed by atoms with Gasteiger partial charge >= 0.3 is 0 Å². The number of ketones is 1. The molecule has 1 aromatic carbocycles. The van der Waals surface area contributed by atoms with Gasteiger partial charge in [-0.05, 0) is 29.7 Å². The fraction of sp³-hybridized carbons (Fsp3) is 0.348. The molecule has 1 aliphatic heterocycles. The highest BCUT2D eigenvalue weighted by Crippen LogP contribution is 2.23. The molecule has 3 N–H and O–H groups in total. The second-order valence-corrected chi connectivity index (χ2v) is 8.94. The number of aliphatic hydroxyl groups is 1. The minimum atomic E-state index is -0.385. The van der Waals surface area contributed by atoms with E-state index in [4.69, 9.17) is 0 Å². The number of carbonyl (C=O) groups is 1. The second-order valence-electron chi connectivity index (χ2n) is 7.99. The van der Waals surface area contributed by atoms with Crippen molar-refractivity contribution in [2.24, 2.45) is 0 Å². The average molecular weight is 412 g/mol. The van der Waals surface area contributed by atoms with Crippen molar-refractivity contribution in [3.8, 4) is 0 Å². The van der Waals surface area contributed by atoms with Crippen molar-refractivity contribution in [2.45, 2.75) is 12.6 Å². The highest BCUT2D eigenvalue weighted by Gasteiger charge is 2.23. The number of benzene rings is 1. The summed E-state index contributed by atoms with van der Waals surface area (Å²) in [6.45, 7) is 5.92. The molecule has 0 radical (unpaired) electrons. The summed E-state index contributed by atoms with van der Waals surface area (Å²) in [5, 5.41) is 13.7. The van der Waals surface area contributed by atoms with Crippen LogP contribution in [0.1, 0.15) is 15.2 Å². The van der Waals surface area contributed by atoms with Crippen molar-refractivity contribution >= 4 is 34.1 Å². The number of quaternary nitrogens is 2. The lowest BCUT2D eigenvalue weighted by atomic mass is 10.1. The maximum atomic E-state index is 12.3. The first-order chi connectivity index (χ1) is 14.1. The topological polar surface area (TPSA) is 51.1 Å². The van der Waals surface area contributed by atoms with Crippen molar-refractivity contribution < 1.29 is 19.7 Å². The number of carbonyl (C=O) groups excluding carboxylic acids is 1. The molecule has 1 aliphatic rings. The molecule has 0 bridgehead atoms. The third-order valence-corrected chi connectivity index (χ3v) is 6.62. The lowest BCUT2D eigenvalue weighted by Gasteiger charge is -2.28. The second kappa shape index (κ2) is 9.05. The Labute approximate surface area is 175 Å². The van der Waals surface area contributed by atoms with Gasteiger partial charge in [0.1, 0.15) is 38.8 Å². The third-order valence-electron chi connectivity index (χ3n) is 5.74. The number of aliphatic hydroxyl groups excluding tert-OH is 1. The number of aromatic nitrogens is 1. The van der Waals surface area contributed by atoms with E-state index in [2.05, 4.69) is 29.9 Å². The number of likely N-dealkylation sites (N-methyl/N-ethyl adjacent to an activating group) is 1. The Balaban J connectivity index is 1.49. The summed E-state index contributed by atoms with van der Waals surface area (Å²) in [6, 6.07) is 11.9. The molecule has 0 saturated carbocycles. The molecular weight excluding hydrogens is 382 g/mol. The third kappa shape index (κ3) is 4.85. The summed E-state index contributed by atoms with van der Waals surface area (Å²) in [7, 11) is 2.23. The van der Waals surface area contributed by atoms with E-state index in [9.17, 15) is 9.90 Å². The molecule has 3 aromatic rings. The highest BCUT2D eigenvalue weighted by molar-refractivity contribution is 7.12. The fourth-order valence-corrected chi connectivity index (χ4v) is 4.73. The largest absolute Gasteiger partial charge is 0.385 e. The lowest BCUT2D eigenvalue weighted by Crippen LogP contribution is -3.27. The van der Waals surface area contributed by atoms with Gasteiger partial charge in [-0.1, -0.05) is 24.3 Å². The molecule has 1 saturated heterocycles. The molecule has 1 fully saturated rings. The first-order valence-electron chi connectivity index (χ1n) is 10.3. The van der Waals surface area contributed by atoms with Crippen LogP contribution in [0.25, 0.3) is 17.0 Å². The Bertz CT molecular complexity index is 985. The number of hydrogen-bond acceptors (Lipinski definition) is 3. The highest BCUT2D eigenvalue weighted by atomic mass is 32.1. The molecule has 152 valence electrons. The van der Waals surface area contributed by atoms with Crippen LogP contribution in [0.3, 0.4) is 0 Å². The molecule has 5 nitrogen and oxygen atoms in total. The fourth-order valence-electron chi connectivity index (χ4n) is 4.08. The van der Waals surface area contributed by atoms with E-state index in [-0.39, 0.29) is 11.9 Å². The standard InChI is InChI=1S/C23H27N3O2S/c1-24-10-12-25(13-11-24)16-19(27)17-26-15-18(20-5-2-3-6-21(20)26)8-9-22(28)23-7-4-14-29-23/h2-9,14-15,19,27H,10-13,16-17H2,1H3/p+2/b9-8+/t19-/m0/s1. The number of piperazine rings is 1. The van der Waals surface area contributed by atoms with Crippen LogP contribution in [0.4, 0.5) is 0 Å². The molecule has 0 amide bonds. The average Bonchev–Trinajstić information content (AvgIpc) is 3.37. The molecule has 0 aliphatic carbocycles. The molecule has 29 heavy (non-hydrogen) atoms. The first kappa shape index (κ1) is 20.0. The molecule has 4 rings (SSSR count). The predicted molar refractivity (Wildman–Crippen MR) is 118 cm³/mol. The Morgan fingerprint density at radius 2 is 2.00 bits per heavy atom. The smallest absolute Gasteiger partial charge is 0.195 e. The summed E-state index contributed by atoms with van der Waals surface area (Å²) in [4.78, 5) is 16.1. The molecule has 3 heterocycles. The van der Waals surface area contributed by atoms with Gasteiger partial charge in [0.2, 0.25) is 0 Å². The number of para-hydroxylation sites is 1. The Morgan fingerprint density at radius 1 is 1.21 bits per heavy atom. The monoisotopic (exact) mass is 411 g/mol. The van der Waals surface area contributed by atoms with E-state index in [1.54, 1.807) is 11.0 Å². The van der Waals surface area contributed by atoms with Gasteiger partial charge in [0, 0.05) is 22.7 Å². The van der Waals surface area contributed by atoms with E-state index in [1.807, 2.05) is 35.7 Å². The SMILES string of the molecule is C[NH+]1CC[NH+](C[C@H](O)Cn2cc(/C=C/C(=O)c3cccs3)c3ccccc32)CC1. The van der Waals surface area contributed by atoms with Crippen LogP contribution in [-0.2, 0) is 6.54 Å². The van der Waals surface area contributed by atoms with Gasteiger partial charge in [-0.15, -0.1) is 11.3 Å². The van der Waals surface area contributed by atoms with Crippen molar-refractivity contribution in [1.29, 1.82) is 0 Å². The quantitative estimate of drug-likeness (QED) is 0.389. The van der Waals surface area contributed by atoms with Crippen LogP contribution < -0.4 is 9.80 Å². The number of hydrogen-bond donors (Lipinski definition) is 3. The first-order valence-corrected chi connectivity index (χ1v) is 11.1. The molecule has 6 heteroatoms. The summed E-state index contributed by atoms with van der Waals surface area (Å²) in [5.74, 6) is 0.0256. The van der Waals surface area contributed by atoms with Crippen LogP contribution in [0.5, 0.6) is 0 Å². The zero-order valence-corrected chi connectivity index (χ0v) is 17.6. The molecule has 0 spiro atoms. The van der Waals surface area contributed by atoms with Crippen LogP contribution >= 0.6 is 11.3 Å². The van der Waals surface area contributed by atoms with E-state index >= 15 is 0 Å². The number of rotatable bonds is 7. The van der Waals surface area contributed by atoms with Crippen LogP contribution in [-0.4, -0.2) is 61.3 Å². The normalized spacial score (nSPS) is 21.0. The van der Waals surface area contributed by atoms with E-state index in [1.165, 1.54) is 29.3 Å². The zero-order valence-electron chi connectivity index (χ0n) is 16.8. The summed E-state index contributed by atoms with van der Waals surface area (Å²) in [6.07, 6.45) is 5.20.